The van der Waals surface area contributed by atoms with E-state index in [4.69, 9.17) is 5.11 Å². The van der Waals surface area contributed by atoms with E-state index < -0.39 is 12.0 Å². The van der Waals surface area contributed by atoms with Gasteiger partial charge < -0.3 is 14.9 Å². The summed E-state index contributed by atoms with van der Waals surface area (Å²) in [5.41, 5.74) is 0. The molecule has 0 aromatic carbocycles. The normalized spacial score (nSPS) is 23.8. The summed E-state index contributed by atoms with van der Waals surface area (Å²) in [4.78, 5) is 37.3. The molecule has 2 heterocycles. The monoisotopic (exact) mass is 272 g/mol. The molecule has 0 aromatic rings. The lowest BCUT2D eigenvalue weighted by atomic mass is 10.2. The Hall–Kier alpha value is -1.24. The van der Waals surface area contributed by atoms with Crippen molar-refractivity contribution in [3.63, 3.8) is 0 Å². The van der Waals surface area contributed by atoms with Gasteiger partial charge in [-0.3, -0.25) is 9.59 Å². The zero-order valence-electron chi connectivity index (χ0n) is 10.0. The molecule has 2 rings (SSSR count). The van der Waals surface area contributed by atoms with Gasteiger partial charge in [0.25, 0.3) is 5.24 Å². The van der Waals surface area contributed by atoms with Gasteiger partial charge in [0.2, 0.25) is 5.91 Å². The predicted molar refractivity (Wildman–Crippen MR) is 66.4 cm³/mol. The molecule has 0 saturated carbocycles. The number of carboxylic acid groups (broad SMARTS) is 1. The van der Waals surface area contributed by atoms with Crippen LogP contribution in [0.25, 0.3) is 0 Å². The maximum Gasteiger partial charge on any atom is 0.326 e. The fourth-order valence-electron chi connectivity index (χ4n) is 2.32. The fraction of sp³-hybridized carbons (Fsp3) is 0.727. The van der Waals surface area contributed by atoms with Gasteiger partial charge in [0.15, 0.2) is 0 Å². The SMILES string of the molecule is O=C(O)C1CCCN1C(=O)CCN1CCSC1=O. The van der Waals surface area contributed by atoms with Crippen LogP contribution in [0.1, 0.15) is 19.3 Å². The molecule has 1 atom stereocenters. The van der Waals surface area contributed by atoms with Gasteiger partial charge in [-0.1, -0.05) is 11.8 Å². The van der Waals surface area contributed by atoms with E-state index in [-0.39, 0.29) is 17.6 Å². The second-order valence-electron chi connectivity index (χ2n) is 4.43. The Morgan fingerprint density at radius 3 is 2.78 bits per heavy atom. The summed E-state index contributed by atoms with van der Waals surface area (Å²) >= 11 is 1.26. The van der Waals surface area contributed by atoms with Crippen LogP contribution in [0.15, 0.2) is 0 Å². The van der Waals surface area contributed by atoms with Crippen LogP contribution >= 0.6 is 11.8 Å². The number of carboxylic acids is 1. The van der Waals surface area contributed by atoms with Gasteiger partial charge >= 0.3 is 5.97 Å². The van der Waals surface area contributed by atoms with Crippen molar-refractivity contribution in [1.82, 2.24) is 9.80 Å². The summed E-state index contributed by atoms with van der Waals surface area (Å²) in [5.74, 6) is -0.327. The summed E-state index contributed by atoms with van der Waals surface area (Å²) in [6, 6.07) is -0.679. The number of aliphatic carboxylic acids is 1. The van der Waals surface area contributed by atoms with Crippen LogP contribution in [-0.2, 0) is 9.59 Å². The third-order valence-electron chi connectivity index (χ3n) is 3.30. The van der Waals surface area contributed by atoms with Crippen molar-refractivity contribution in [2.75, 3.05) is 25.4 Å². The van der Waals surface area contributed by atoms with Crippen LogP contribution in [0.4, 0.5) is 4.79 Å². The van der Waals surface area contributed by atoms with Gasteiger partial charge in [0.1, 0.15) is 6.04 Å². The lowest BCUT2D eigenvalue weighted by molar-refractivity contribution is -0.148. The topological polar surface area (TPSA) is 77.9 Å². The molecule has 2 saturated heterocycles. The molecule has 0 spiro atoms. The van der Waals surface area contributed by atoms with Crippen molar-refractivity contribution in [1.29, 1.82) is 0 Å². The van der Waals surface area contributed by atoms with Crippen LogP contribution in [0.5, 0.6) is 0 Å². The van der Waals surface area contributed by atoms with Gasteiger partial charge in [-0.25, -0.2) is 4.79 Å². The molecule has 2 aliphatic heterocycles. The molecule has 6 nitrogen and oxygen atoms in total. The van der Waals surface area contributed by atoms with E-state index >= 15 is 0 Å². The Balaban J connectivity index is 1.84. The molecular weight excluding hydrogens is 256 g/mol. The quantitative estimate of drug-likeness (QED) is 0.811. The molecule has 0 radical (unpaired) electrons. The molecule has 2 amide bonds. The number of carbonyl (C=O) groups excluding carboxylic acids is 2. The largest absolute Gasteiger partial charge is 0.480 e. The van der Waals surface area contributed by atoms with Crippen LogP contribution < -0.4 is 0 Å². The van der Waals surface area contributed by atoms with Crippen molar-refractivity contribution in [3.8, 4) is 0 Å². The molecule has 0 aliphatic carbocycles. The van der Waals surface area contributed by atoms with Crippen molar-refractivity contribution in [3.05, 3.63) is 0 Å². The Morgan fingerprint density at radius 1 is 1.39 bits per heavy atom. The lowest BCUT2D eigenvalue weighted by Crippen LogP contribution is -2.41. The number of likely N-dealkylation sites (tertiary alicyclic amines) is 1. The highest BCUT2D eigenvalue weighted by molar-refractivity contribution is 8.13. The van der Waals surface area contributed by atoms with Crippen LogP contribution in [-0.4, -0.2) is 63.5 Å². The van der Waals surface area contributed by atoms with Crippen molar-refractivity contribution < 1.29 is 19.5 Å². The molecule has 0 bridgehead atoms. The molecule has 2 aliphatic rings. The maximum atomic E-state index is 11.9. The first-order valence-electron chi connectivity index (χ1n) is 6.03. The lowest BCUT2D eigenvalue weighted by Gasteiger charge is -2.22. The van der Waals surface area contributed by atoms with E-state index in [1.165, 1.54) is 16.7 Å². The summed E-state index contributed by atoms with van der Waals surface area (Å²) in [6.45, 7) is 1.59. The first kappa shape index (κ1) is 13.2. The summed E-state index contributed by atoms with van der Waals surface area (Å²) in [6.07, 6.45) is 1.48. The number of hydrogen-bond acceptors (Lipinski definition) is 4. The summed E-state index contributed by atoms with van der Waals surface area (Å²) < 4.78 is 0. The Bertz CT molecular complexity index is 374. The Kier molecular flexibility index (Phi) is 4.11. The number of hydrogen-bond donors (Lipinski definition) is 1. The third kappa shape index (κ3) is 2.77. The summed E-state index contributed by atoms with van der Waals surface area (Å²) in [7, 11) is 0. The molecule has 7 heteroatoms. The second-order valence-corrected chi connectivity index (χ2v) is 5.48. The van der Waals surface area contributed by atoms with E-state index in [2.05, 4.69) is 0 Å². The second kappa shape index (κ2) is 5.60. The first-order valence-corrected chi connectivity index (χ1v) is 7.02. The third-order valence-corrected chi connectivity index (χ3v) is 4.19. The Morgan fingerprint density at radius 2 is 2.17 bits per heavy atom. The minimum absolute atomic E-state index is 0.0130. The molecule has 2 fully saturated rings. The molecule has 100 valence electrons. The molecule has 1 unspecified atom stereocenters. The zero-order chi connectivity index (χ0) is 13.1. The highest BCUT2D eigenvalue weighted by Crippen LogP contribution is 2.20. The van der Waals surface area contributed by atoms with Crippen molar-refractivity contribution in [2.45, 2.75) is 25.3 Å². The van der Waals surface area contributed by atoms with Gasteiger partial charge in [0, 0.05) is 31.8 Å². The predicted octanol–water partition coefficient (Wildman–Crippen LogP) is 0.621. The van der Waals surface area contributed by atoms with Gasteiger partial charge in [-0.15, -0.1) is 0 Å². The maximum absolute atomic E-state index is 11.9. The highest BCUT2D eigenvalue weighted by Gasteiger charge is 2.34. The van der Waals surface area contributed by atoms with E-state index in [1.807, 2.05) is 0 Å². The molecule has 18 heavy (non-hydrogen) atoms. The van der Waals surface area contributed by atoms with Crippen LogP contribution in [0, 0.1) is 0 Å². The fourth-order valence-corrected chi connectivity index (χ4v) is 3.18. The van der Waals surface area contributed by atoms with E-state index in [1.54, 1.807) is 4.90 Å². The minimum Gasteiger partial charge on any atom is -0.480 e. The number of rotatable bonds is 4. The number of carbonyl (C=O) groups is 3. The van der Waals surface area contributed by atoms with Gasteiger partial charge in [-0.2, -0.15) is 0 Å². The minimum atomic E-state index is -0.936. The Labute approximate surface area is 109 Å². The van der Waals surface area contributed by atoms with Crippen LogP contribution in [0.3, 0.4) is 0 Å². The first-order chi connectivity index (χ1) is 8.59. The number of amides is 2. The van der Waals surface area contributed by atoms with Crippen LogP contribution in [0.2, 0.25) is 0 Å². The standard InChI is InChI=1S/C11H16N2O4S/c14-9(3-5-12-6-7-18-11(12)17)13-4-1-2-8(13)10(15)16/h8H,1-7H2,(H,15,16). The number of nitrogens with zero attached hydrogens (tertiary/aromatic N) is 2. The van der Waals surface area contributed by atoms with Crippen molar-refractivity contribution >= 4 is 28.9 Å². The van der Waals surface area contributed by atoms with Gasteiger partial charge in [0.05, 0.1) is 0 Å². The van der Waals surface area contributed by atoms with E-state index in [0.717, 1.165) is 12.2 Å². The highest BCUT2D eigenvalue weighted by atomic mass is 32.2. The average Bonchev–Trinajstić information content (AvgIpc) is 2.94. The smallest absolute Gasteiger partial charge is 0.326 e. The summed E-state index contributed by atoms with van der Waals surface area (Å²) in [5, 5.41) is 9.01. The molecule has 1 N–H and O–H groups in total. The van der Waals surface area contributed by atoms with E-state index in [9.17, 15) is 14.4 Å². The van der Waals surface area contributed by atoms with E-state index in [0.29, 0.717) is 26.1 Å². The van der Waals surface area contributed by atoms with Crippen molar-refractivity contribution in [2.24, 2.45) is 0 Å². The molecule has 0 aromatic heterocycles. The number of thioether (sulfide) groups is 1. The average molecular weight is 272 g/mol. The van der Waals surface area contributed by atoms with Gasteiger partial charge in [-0.05, 0) is 12.8 Å². The zero-order valence-corrected chi connectivity index (χ0v) is 10.8. The molecular formula is C11H16N2O4S.